The predicted octanol–water partition coefficient (Wildman–Crippen LogP) is 3.29. The number of nitrogens with zero attached hydrogens (tertiary/aromatic N) is 7. The zero-order chi connectivity index (χ0) is 24.2. The van der Waals surface area contributed by atoms with E-state index < -0.39 is 0 Å². The lowest BCUT2D eigenvalue weighted by atomic mass is 9.99. The molecule has 0 bridgehead atoms. The van der Waals surface area contributed by atoms with Crippen LogP contribution in [0.3, 0.4) is 0 Å². The van der Waals surface area contributed by atoms with E-state index in [1.54, 1.807) is 35.1 Å². The summed E-state index contributed by atoms with van der Waals surface area (Å²) in [5.74, 6) is 1.14. The topological polar surface area (TPSA) is 91.0 Å². The third-order valence-corrected chi connectivity index (χ3v) is 6.35. The fraction of sp³-hybridized carbons (Fsp3) is 0.346. The molecule has 1 aliphatic heterocycles. The molecule has 1 saturated heterocycles. The van der Waals surface area contributed by atoms with E-state index in [1.807, 2.05) is 48.7 Å². The molecule has 3 aromatic heterocycles. The molecule has 1 amide bonds. The Labute approximate surface area is 204 Å². The van der Waals surface area contributed by atoms with Gasteiger partial charge in [0.05, 0.1) is 19.0 Å². The van der Waals surface area contributed by atoms with E-state index >= 15 is 0 Å². The number of rotatable bonds is 7. The number of hydrogen-bond donors (Lipinski definition) is 0. The van der Waals surface area contributed by atoms with E-state index in [4.69, 9.17) is 4.74 Å². The maximum atomic E-state index is 12.8. The van der Waals surface area contributed by atoms with Crippen LogP contribution in [0.15, 0.2) is 61.4 Å². The minimum atomic E-state index is 0.0838. The van der Waals surface area contributed by atoms with E-state index in [0.29, 0.717) is 18.3 Å². The highest BCUT2D eigenvalue weighted by Gasteiger charge is 2.24. The number of hydrogen-bond acceptors (Lipinski definition) is 6. The number of aromatic nitrogens is 6. The molecule has 1 aromatic carbocycles. The van der Waals surface area contributed by atoms with Gasteiger partial charge in [0.25, 0.3) is 0 Å². The second-order valence-electron chi connectivity index (χ2n) is 9.01. The molecular weight excluding hydrogens is 442 g/mol. The number of benzene rings is 1. The molecule has 1 unspecified atom stereocenters. The SMILES string of the molecule is COCC1CCCN(C(=O)Cn2cc(-c3cnc(-c4cccc(-c5cnn(C)c5)c4)nc3)cn2)C1. The Morgan fingerprint density at radius 1 is 1.00 bits per heavy atom. The van der Waals surface area contributed by atoms with Crippen LogP contribution >= 0.6 is 0 Å². The molecule has 180 valence electrons. The molecule has 4 heterocycles. The van der Waals surface area contributed by atoms with Gasteiger partial charge >= 0.3 is 0 Å². The Morgan fingerprint density at radius 3 is 2.54 bits per heavy atom. The first-order valence-electron chi connectivity index (χ1n) is 11.8. The minimum absolute atomic E-state index is 0.0838. The second kappa shape index (κ2) is 10.2. The van der Waals surface area contributed by atoms with Crippen molar-refractivity contribution >= 4 is 5.91 Å². The van der Waals surface area contributed by atoms with Crippen molar-refractivity contribution in [3.05, 3.63) is 61.4 Å². The lowest BCUT2D eigenvalue weighted by Gasteiger charge is -2.32. The molecule has 0 aliphatic carbocycles. The molecule has 0 N–H and O–H groups in total. The van der Waals surface area contributed by atoms with Gasteiger partial charge in [-0.1, -0.05) is 18.2 Å². The summed E-state index contributed by atoms with van der Waals surface area (Å²) < 4.78 is 8.74. The maximum Gasteiger partial charge on any atom is 0.244 e. The minimum Gasteiger partial charge on any atom is -0.384 e. The largest absolute Gasteiger partial charge is 0.384 e. The third-order valence-electron chi connectivity index (χ3n) is 6.35. The maximum absolute atomic E-state index is 12.8. The van der Waals surface area contributed by atoms with Crippen LogP contribution < -0.4 is 0 Å². The van der Waals surface area contributed by atoms with Crippen LogP contribution in [-0.2, 0) is 23.1 Å². The summed E-state index contributed by atoms with van der Waals surface area (Å²) >= 11 is 0. The average molecular weight is 472 g/mol. The molecule has 9 nitrogen and oxygen atoms in total. The first-order chi connectivity index (χ1) is 17.1. The smallest absolute Gasteiger partial charge is 0.244 e. The van der Waals surface area contributed by atoms with Crippen molar-refractivity contribution in [2.45, 2.75) is 19.4 Å². The molecular formula is C26H29N7O2. The fourth-order valence-electron chi connectivity index (χ4n) is 4.54. The highest BCUT2D eigenvalue weighted by molar-refractivity contribution is 5.76. The zero-order valence-electron chi connectivity index (χ0n) is 20.0. The summed E-state index contributed by atoms with van der Waals surface area (Å²) in [6, 6.07) is 8.10. The normalized spacial score (nSPS) is 15.9. The monoisotopic (exact) mass is 471 g/mol. The number of likely N-dealkylation sites (tertiary alicyclic amines) is 1. The van der Waals surface area contributed by atoms with Crippen LogP contribution in [-0.4, -0.2) is 67.1 Å². The van der Waals surface area contributed by atoms with Gasteiger partial charge < -0.3 is 9.64 Å². The summed E-state index contributed by atoms with van der Waals surface area (Å²) in [5.41, 5.74) is 4.79. The fourth-order valence-corrected chi connectivity index (χ4v) is 4.54. The first kappa shape index (κ1) is 22.9. The average Bonchev–Trinajstić information content (AvgIpc) is 3.54. The van der Waals surface area contributed by atoms with Gasteiger partial charge in [-0.25, -0.2) is 9.97 Å². The summed E-state index contributed by atoms with van der Waals surface area (Å²) in [6.07, 6.45) is 13.1. The molecule has 5 rings (SSSR count). The van der Waals surface area contributed by atoms with Crippen molar-refractivity contribution in [2.75, 3.05) is 26.8 Å². The number of amides is 1. The number of piperidine rings is 1. The van der Waals surface area contributed by atoms with Crippen molar-refractivity contribution in [3.63, 3.8) is 0 Å². The molecule has 0 radical (unpaired) electrons. The number of carbonyl (C=O) groups is 1. The molecule has 4 aromatic rings. The van der Waals surface area contributed by atoms with Gasteiger partial charge in [-0.3, -0.25) is 14.2 Å². The van der Waals surface area contributed by atoms with E-state index in [9.17, 15) is 4.79 Å². The summed E-state index contributed by atoms with van der Waals surface area (Å²) in [5, 5.41) is 8.64. The Morgan fingerprint density at radius 2 is 1.77 bits per heavy atom. The number of aryl methyl sites for hydroxylation is 1. The summed E-state index contributed by atoms with van der Waals surface area (Å²) in [7, 11) is 3.61. The predicted molar refractivity (Wildman–Crippen MR) is 132 cm³/mol. The van der Waals surface area contributed by atoms with E-state index in [-0.39, 0.29) is 12.5 Å². The number of ether oxygens (including phenoxy) is 1. The van der Waals surface area contributed by atoms with Crippen molar-refractivity contribution in [1.29, 1.82) is 0 Å². The van der Waals surface area contributed by atoms with Gasteiger partial charge in [0.15, 0.2) is 5.82 Å². The van der Waals surface area contributed by atoms with Gasteiger partial charge in [0.2, 0.25) is 5.91 Å². The Bertz CT molecular complexity index is 1290. The van der Waals surface area contributed by atoms with E-state index in [2.05, 4.69) is 26.2 Å². The van der Waals surface area contributed by atoms with E-state index in [1.165, 1.54) is 0 Å². The highest BCUT2D eigenvalue weighted by atomic mass is 16.5. The van der Waals surface area contributed by atoms with Gasteiger partial charge in [-0.2, -0.15) is 10.2 Å². The molecule has 0 saturated carbocycles. The Hall–Kier alpha value is -3.85. The third kappa shape index (κ3) is 5.30. The Balaban J connectivity index is 1.25. The lowest BCUT2D eigenvalue weighted by molar-refractivity contribution is -0.134. The Kier molecular flexibility index (Phi) is 6.67. The van der Waals surface area contributed by atoms with E-state index in [0.717, 1.165) is 53.7 Å². The van der Waals surface area contributed by atoms with Crippen LogP contribution in [0.4, 0.5) is 0 Å². The van der Waals surface area contributed by atoms with Crippen LogP contribution in [0.1, 0.15) is 12.8 Å². The second-order valence-corrected chi connectivity index (χ2v) is 9.01. The quantitative estimate of drug-likeness (QED) is 0.411. The summed E-state index contributed by atoms with van der Waals surface area (Å²) in [6.45, 7) is 2.46. The van der Waals surface area contributed by atoms with Crippen LogP contribution in [0.2, 0.25) is 0 Å². The van der Waals surface area contributed by atoms with Crippen molar-refractivity contribution in [1.82, 2.24) is 34.4 Å². The number of carbonyl (C=O) groups excluding carboxylic acids is 1. The lowest BCUT2D eigenvalue weighted by Crippen LogP contribution is -2.42. The number of methoxy groups -OCH3 is 1. The molecule has 9 heteroatoms. The standard InChI is InChI=1S/C26H29N7O2/c1-31-15-23(12-29-31)20-6-3-7-21(9-20)26-27-10-22(11-28-26)24-13-30-33(16-24)17-25(34)32-8-4-5-19(14-32)18-35-2/h3,6-7,9-13,15-16,19H,4-5,8,14,17-18H2,1-2H3. The van der Waals surface area contributed by atoms with Crippen molar-refractivity contribution < 1.29 is 9.53 Å². The molecule has 35 heavy (non-hydrogen) atoms. The van der Waals surface area contributed by atoms with Crippen molar-refractivity contribution in [2.24, 2.45) is 13.0 Å². The molecule has 0 spiro atoms. The first-order valence-corrected chi connectivity index (χ1v) is 11.8. The van der Waals surface area contributed by atoms with Crippen molar-refractivity contribution in [3.8, 4) is 33.6 Å². The molecule has 1 atom stereocenters. The van der Waals surface area contributed by atoms with Gasteiger partial charge in [0, 0.05) is 74.3 Å². The summed E-state index contributed by atoms with van der Waals surface area (Å²) in [4.78, 5) is 23.9. The zero-order valence-corrected chi connectivity index (χ0v) is 20.0. The van der Waals surface area contributed by atoms with Crippen LogP contribution in [0.5, 0.6) is 0 Å². The van der Waals surface area contributed by atoms with Crippen LogP contribution in [0.25, 0.3) is 33.6 Å². The van der Waals surface area contributed by atoms with Crippen LogP contribution in [0, 0.1) is 5.92 Å². The van der Waals surface area contributed by atoms with Gasteiger partial charge in [-0.15, -0.1) is 0 Å². The van der Waals surface area contributed by atoms with Gasteiger partial charge in [0.1, 0.15) is 6.54 Å². The highest BCUT2D eigenvalue weighted by Crippen LogP contribution is 2.25. The molecule has 1 fully saturated rings. The van der Waals surface area contributed by atoms with Gasteiger partial charge in [-0.05, 0) is 30.4 Å². The molecule has 1 aliphatic rings.